The fourth-order valence-corrected chi connectivity index (χ4v) is 4.40. The first-order chi connectivity index (χ1) is 14.6. The number of nitrogens with one attached hydrogen (secondary N) is 1. The molecule has 0 unspecified atom stereocenters. The van der Waals surface area contributed by atoms with Crippen molar-refractivity contribution in [1.82, 2.24) is 0 Å². The number of ether oxygens (including phenoxy) is 1. The Labute approximate surface area is 180 Å². The van der Waals surface area contributed by atoms with Crippen LogP contribution in [0.3, 0.4) is 0 Å². The highest BCUT2D eigenvalue weighted by molar-refractivity contribution is 6.45. The number of aryl methyl sites for hydroxylation is 1. The number of hydrogen-bond donors (Lipinski definition) is 1. The van der Waals surface area contributed by atoms with Gasteiger partial charge in [-0.3, -0.25) is 10.2 Å². The van der Waals surface area contributed by atoms with Crippen molar-refractivity contribution < 1.29 is 22.7 Å². The Morgan fingerprint density at radius 2 is 1.74 bits per heavy atom. The van der Waals surface area contributed by atoms with Crippen molar-refractivity contribution in [1.29, 1.82) is 5.41 Å². The Balaban J connectivity index is 1.51. The minimum atomic E-state index is -4.33. The molecule has 3 nitrogen and oxygen atoms in total. The third-order valence-corrected chi connectivity index (χ3v) is 6.75. The van der Waals surface area contributed by atoms with Crippen molar-refractivity contribution in [3.05, 3.63) is 69.8 Å². The van der Waals surface area contributed by atoms with Gasteiger partial charge in [-0.25, -0.2) is 0 Å². The molecule has 2 aliphatic rings. The predicted molar refractivity (Wildman–Crippen MR) is 113 cm³/mol. The molecule has 4 rings (SSSR count). The van der Waals surface area contributed by atoms with Gasteiger partial charge < -0.3 is 4.74 Å². The van der Waals surface area contributed by atoms with E-state index in [0.717, 1.165) is 23.1 Å². The Bertz CT molecular complexity index is 1040. The first kappa shape index (κ1) is 21.8. The highest BCUT2D eigenvalue weighted by Gasteiger charge is 2.48. The van der Waals surface area contributed by atoms with E-state index in [4.69, 9.17) is 10.1 Å². The van der Waals surface area contributed by atoms with Crippen molar-refractivity contribution in [3.8, 4) is 0 Å². The highest BCUT2D eigenvalue weighted by Crippen LogP contribution is 2.41. The van der Waals surface area contributed by atoms with Gasteiger partial charge in [-0.2, -0.15) is 13.2 Å². The molecule has 2 aromatic carbocycles. The molecular formula is C25H26F3NO2. The van der Waals surface area contributed by atoms with Gasteiger partial charge in [0.2, 0.25) is 0 Å². The lowest BCUT2D eigenvalue weighted by molar-refractivity contribution is -0.180. The van der Waals surface area contributed by atoms with E-state index in [1.807, 2.05) is 18.2 Å². The number of alkyl halides is 3. The van der Waals surface area contributed by atoms with E-state index in [0.29, 0.717) is 38.0 Å². The molecule has 0 radical (unpaired) electrons. The maximum Gasteiger partial charge on any atom is 0.397 e. The summed E-state index contributed by atoms with van der Waals surface area (Å²) in [6.07, 6.45) is -1.96. The third kappa shape index (κ3) is 4.05. The first-order valence-electron chi connectivity index (χ1n) is 10.6. The summed E-state index contributed by atoms with van der Waals surface area (Å²) in [4.78, 5) is 13.0. The Kier molecular flexibility index (Phi) is 5.54. The molecule has 1 atom stereocenters. The summed E-state index contributed by atoms with van der Waals surface area (Å²) in [5.74, 6) is -0.532. The zero-order valence-corrected chi connectivity index (χ0v) is 17.7. The summed E-state index contributed by atoms with van der Waals surface area (Å²) in [7, 11) is 0. The minimum absolute atomic E-state index is 0.00310. The summed E-state index contributed by atoms with van der Waals surface area (Å²) in [6, 6.07) is 10.5. The van der Waals surface area contributed by atoms with E-state index in [9.17, 15) is 18.0 Å². The zero-order valence-electron chi connectivity index (χ0n) is 17.7. The molecule has 164 valence electrons. The zero-order chi connectivity index (χ0) is 22.4. The van der Waals surface area contributed by atoms with E-state index in [2.05, 4.69) is 0 Å². The van der Waals surface area contributed by atoms with E-state index in [-0.39, 0.29) is 23.0 Å². The van der Waals surface area contributed by atoms with Crippen LogP contribution in [-0.2, 0) is 40.8 Å². The number of halogens is 3. The van der Waals surface area contributed by atoms with E-state index in [1.165, 1.54) is 25.5 Å². The Morgan fingerprint density at radius 1 is 1.00 bits per heavy atom. The number of ketones is 1. The molecule has 0 saturated heterocycles. The van der Waals surface area contributed by atoms with E-state index in [1.54, 1.807) is 12.1 Å². The normalized spacial score (nSPS) is 18.8. The molecule has 0 spiro atoms. The van der Waals surface area contributed by atoms with Crippen LogP contribution in [0.4, 0.5) is 13.2 Å². The monoisotopic (exact) mass is 429 g/mol. The lowest BCUT2D eigenvalue weighted by Gasteiger charge is -2.31. The molecule has 0 fully saturated rings. The van der Waals surface area contributed by atoms with Crippen LogP contribution in [0.2, 0.25) is 0 Å². The quantitative estimate of drug-likeness (QED) is 0.667. The smallest absolute Gasteiger partial charge is 0.376 e. The summed E-state index contributed by atoms with van der Waals surface area (Å²) in [5, 5.41) is 8.44. The van der Waals surface area contributed by atoms with Crippen molar-refractivity contribution in [3.63, 3.8) is 0 Å². The molecule has 1 heterocycles. The molecule has 6 heteroatoms. The van der Waals surface area contributed by atoms with Crippen molar-refractivity contribution in [2.45, 2.75) is 57.7 Å². The van der Waals surface area contributed by atoms with Crippen LogP contribution in [0.25, 0.3) is 0 Å². The topological polar surface area (TPSA) is 50.2 Å². The lowest BCUT2D eigenvalue weighted by atomic mass is 9.76. The van der Waals surface area contributed by atoms with Crippen molar-refractivity contribution in [2.75, 3.05) is 6.61 Å². The van der Waals surface area contributed by atoms with Gasteiger partial charge in [0.1, 0.15) is 5.71 Å². The van der Waals surface area contributed by atoms with Crippen LogP contribution in [0.5, 0.6) is 0 Å². The molecule has 1 aliphatic carbocycles. The van der Waals surface area contributed by atoms with Crippen LogP contribution in [-0.4, -0.2) is 24.3 Å². The summed E-state index contributed by atoms with van der Waals surface area (Å²) in [6.45, 7) is 3.56. The molecule has 1 N–H and O–H groups in total. The average Bonchev–Trinajstić information content (AvgIpc) is 2.76. The van der Waals surface area contributed by atoms with Crippen LogP contribution >= 0.6 is 0 Å². The Morgan fingerprint density at radius 3 is 2.48 bits per heavy atom. The second-order valence-electron chi connectivity index (χ2n) is 9.07. The van der Waals surface area contributed by atoms with Crippen molar-refractivity contribution in [2.24, 2.45) is 5.92 Å². The number of benzene rings is 2. The molecule has 2 aromatic rings. The summed E-state index contributed by atoms with van der Waals surface area (Å²) >= 11 is 0. The summed E-state index contributed by atoms with van der Waals surface area (Å²) < 4.78 is 45.7. The van der Waals surface area contributed by atoms with Crippen LogP contribution in [0.15, 0.2) is 36.4 Å². The number of Topliss-reactive ketones (excluding diaryl/α,β-unsaturated/α-hetero) is 1. The van der Waals surface area contributed by atoms with Crippen LogP contribution in [0.1, 0.15) is 53.6 Å². The van der Waals surface area contributed by atoms with Gasteiger partial charge >= 0.3 is 6.18 Å². The maximum absolute atomic E-state index is 13.4. The first-order valence-corrected chi connectivity index (χ1v) is 10.6. The third-order valence-electron chi connectivity index (χ3n) is 6.75. The predicted octanol–water partition coefficient (Wildman–Crippen LogP) is 5.34. The van der Waals surface area contributed by atoms with Gasteiger partial charge in [0.15, 0.2) is 5.78 Å². The largest absolute Gasteiger partial charge is 0.397 e. The number of hydrogen-bond acceptors (Lipinski definition) is 3. The standard InChI is InChI=1S/C25H26F3NO2/c1-24(2,25(26,27)28)21-8-7-16-11-19(6-4-17(16)13-21)23(30)22(29)18-5-3-15-9-10-31-14-20(15)12-18/h3,5,7-8,12-13,19,29H,4,6,9-11,14H2,1-2H3/t19-/m1/s1. The number of rotatable bonds is 4. The van der Waals surface area contributed by atoms with Gasteiger partial charge in [-0.15, -0.1) is 0 Å². The van der Waals surface area contributed by atoms with Crippen LogP contribution in [0, 0.1) is 11.3 Å². The van der Waals surface area contributed by atoms with Crippen molar-refractivity contribution >= 4 is 11.5 Å². The number of carbonyl (C=O) groups is 1. The molecule has 0 amide bonds. The minimum Gasteiger partial charge on any atom is -0.376 e. The highest BCUT2D eigenvalue weighted by atomic mass is 19.4. The SMILES string of the molecule is CC(C)(c1ccc2c(c1)CC[C@@H](C(=O)C(=N)c1ccc3c(c1)COCC3)C2)C(F)(F)F. The van der Waals surface area contributed by atoms with Crippen LogP contribution < -0.4 is 0 Å². The fraction of sp³-hybridized carbons (Fsp3) is 0.440. The van der Waals surface area contributed by atoms with Gasteiger partial charge in [0.25, 0.3) is 0 Å². The van der Waals surface area contributed by atoms with Gasteiger partial charge in [0, 0.05) is 11.5 Å². The molecule has 1 aliphatic heterocycles. The second-order valence-corrected chi connectivity index (χ2v) is 9.07. The maximum atomic E-state index is 13.4. The van der Waals surface area contributed by atoms with Gasteiger partial charge in [0.05, 0.1) is 18.6 Å². The van der Waals surface area contributed by atoms with Gasteiger partial charge in [-0.05, 0) is 73.4 Å². The molecular weight excluding hydrogens is 403 g/mol. The molecule has 31 heavy (non-hydrogen) atoms. The fourth-order valence-electron chi connectivity index (χ4n) is 4.40. The van der Waals surface area contributed by atoms with Gasteiger partial charge in [-0.1, -0.05) is 30.3 Å². The second kappa shape index (κ2) is 7.90. The molecule has 0 saturated carbocycles. The number of carbonyl (C=O) groups excluding carboxylic acids is 1. The molecule has 0 aromatic heterocycles. The average molecular weight is 429 g/mol. The van der Waals surface area contributed by atoms with E-state index < -0.39 is 11.6 Å². The Hall–Kier alpha value is -2.47. The van der Waals surface area contributed by atoms with E-state index >= 15 is 0 Å². The number of fused-ring (bicyclic) bond motifs is 2. The summed E-state index contributed by atoms with van der Waals surface area (Å²) in [5.41, 5.74) is 2.91. The lowest BCUT2D eigenvalue weighted by Crippen LogP contribution is -2.36. The molecule has 0 bridgehead atoms.